The highest BCUT2D eigenvalue weighted by molar-refractivity contribution is 6.07. The molecule has 4 nitrogen and oxygen atoms in total. The molecule has 0 N–H and O–H groups in total. The summed E-state index contributed by atoms with van der Waals surface area (Å²) in [4.78, 5) is 4.43. The molecule has 2 aromatic heterocycles. The van der Waals surface area contributed by atoms with Gasteiger partial charge in [-0.25, -0.2) is 0 Å². The minimum absolute atomic E-state index is 0.704. The van der Waals surface area contributed by atoms with Gasteiger partial charge in [0.25, 0.3) is 0 Å². The highest BCUT2D eigenvalue weighted by Gasteiger charge is 2.14. The number of pyridine rings is 1. The lowest BCUT2D eigenvalue weighted by atomic mass is 10.1. The lowest BCUT2D eigenvalue weighted by Crippen LogP contribution is -1.89. The van der Waals surface area contributed by atoms with Crippen LogP contribution < -0.4 is 4.74 Å². The normalized spacial score (nSPS) is 11.1. The summed E-state index contributed by atoms with van der Waals surface area (Å²) >= 11 is 0. The Hall–Kier alpha value is -2.88. The Bertz CT molecular complexity index is 929. The molecule has 0 bridgehead atoms. The Kier molecular flexibility index (Phi) is 2.60. The summed E-state index contributed by atoms with van der Waals surface area (Å²) < 4.78 is 11.3. The molecule has 102 valence electrons. The molecule has 2 aromatic carbocycles. The molecule has 0 atom stereocenters. The first kappa shape index (κ1) is 11.9. The van der Waals surface area contributed by atoms with Crippen molar-refractivity contribution in [3.05, 3.63) is 60.5 Å². The monoisotopic (exact) mass is 276 g/mol. The van der Waals surface area contributed by atoms with Gasteiger partial charge >= 0.3 is 0 Å². The Balaban J connectivity index is 1.99. The van der Waals surface area contributed by atoms with Crippen molar-refractivity contribution in [1.82, 2.24) is 10.1 Å². The quantitative estimate of drug-likeness (QED) is 0.541. The highest BCUT2D eigenvalue weighted by Crippen LogP contribution is 2.35. The summed E-state index contributed by atoms with van der Waals surface area (Å²) in [6, 6.07) is 15.5. The van der Waals surface area contributed by atoms with Gasteiger partial charge in [-0.1, -0.05) is 23.4 Å². The second kappa shape index (κ2) is 4.59. The van der Waals surface area contributed by atoms with E-state index in [0.717, 1.165) is 33.3 Å². The molecule has 0 radical (unpaired) electrons. The fraction of sp³-hybridized carbons (Fsp3) is 0.0588. The second-order valence-corrected chi connectivity index (χ2v) is 4.82. The van der Waals surface area contributed by atoms with Crippen molar-refractivity contribution in [2.24, 2.45) is 0 Å². The number of rotatable bonds is 2. The van der Waals surface area contributed by atoms with Gasteiger partial charge in [-0.3, -0.25) is 4.98 Å². The average molecular weight is 276 g/mol. The number of aryl methyl sites for hydroxylation is 1. The average Bonchev–Trinajstić information content (AvgIpc) is 2.90. The molecule has 0 fully saturated rings. The van der Waals surface area contributed by atoms with Crippen molar-refractivity contribution < 1.29 is 9.26 Å². The molecule has 0 saturated carbocycles. The zero-order valence-corrected chi connectivity index (χ0v) is 11.4. The first-order valence-corrected chi connectivity index (χ1v) is 6.69. The lowest BCUT2D eigenvalue weighted by Gasteiger charge is -2.08. The van der Waals surface area contributed by atoms with E-state index < -0.39 is 0 Å². The van der Waals surface area contributed by atoms with E-state index in [1.54, 1.807) is 6.20 Å². The van der Waals surface area contributed by atoms with Gasteiger partial charge in [0, 0.05) is 17.0 Å². The number of hydrogen-bond acceptors (Lipinski definition) is 4. The largest absolute Gasteiger partial charge is 0.455 e. The van der Waals surface area contributed by atoms with Crippen LogP contribution in [0, 0.1) is 6.92 Å². The Morgan fingerprint density at radius 1 is 0.952 bits per heavy atom. The van der Waals surface area contributed by atoms with Crippen molar-refractivity contribution in [2.75, 3.05) is 0 Å². The number of ether oxygens (including phenoxy) is 1. The minimum atomic E-state index is 0.704. The fourth-order valence-corrected chi connectivity index (χ4v) is 2.43. The smallest absolute Gasteiger partial charge is 0.154 e. The van der Waals surface area contributed by atoms with E-state index in [-0.39, 0.29) is 0 Å². The number of fused-ring (bicyclic) bond motifs is 3. The second-order valence-electron chi connectivity index (χ2n) is 4.82. The summed E-state index contributed by atoms with van der Waals surface area (Å²) in [5.74, 6) is 2.25. The van der Waals surface area contributed by atoms with Gasteiger partial charge < -0.3 is 9.26 Å². The number of aromatic nitrogens is 2. The topological polar surface area (TPSA) is 48.2 Å². The Morgan fingerprint density at radius 2 is 1.81 bits per heavy atom. The Labute approximate surface area is 121 Å². The van der Waals surface area contributed by atoms with Crippen molar-refractivity contribution in [1.29, 1.82) is 0 Å². The molecule has 0 unspecified atom stereocenters. The van der Waals surface area contributed by atoms with Gasteiger partial charge in [0.15, 0.2) is 5.75 Å². The van der Waals surface area contributed by atoms with Crippen LogP contribution in [0.1, 0.15) is 5.76 Å². The molecule has 0 aliphatic rings. The van der Waals surface area contributed by atoms with E-state index in [9.17, 15) is 0 Å². The third kappa shape index (κ3) is 1.92. The number of benzene rings is 2. The summed E-state index contributed by atoms with van der Waals surface area (Å²) in [7, 11) is 0. The molecular formula is C17H12N2O2. The standard InChI is InChI=1S/C17H12N2O2/c1-11-14-10-15(20-12-6-3-2-4-7-12)17-13(8-5-9-18-17)16(14)19-21-11/h2-10H,1H3. The van der Waals surface area contributed by atoms with Crippen LogP contribution in [-0.2, 0) is 0 Å². The van der Waals surface area contributed by atoms with Gasteiger partial charge in [0.2, 0.25) is 0 Å². The van der Waals surface area contributed by atoms with Crippen LogP contribution in [0.2, 0.25) is 0 Å². The predicted molar refractivity (Wildman–Crippen MR) is 80.6 cm³/mol. The lowest BCUT2D eigenvalue weighted by molar-refractivity contribution is 0.406. The third-order valence-electron chi connectivity index (χ3n) is 3.45. The predicted octanol–water partition coefficient (Wildman–Crippen LogP) is 4.48. The van der Waals surface area contributed by atoms with Crippen LogP contribution in [0.3, 0.4) is 0 Å². The van der Waals surface area contributed by atoms with Crippen molar-refractivity contribution in [2.45, 2.75) is 6.92 Å². The van der Waals surface area contributed by atoms with Gasteiger partial charge in [0.1, 0.15) is 22.5 Å². The number of hydrogen-bond donors (Lipinski definition) is 0. The maximum Gasteiger partial charge on any atom is 0.154 e. The van der Waals surface area contributed by atoms with Gasteiger partial charge in [-0.2, -0.15) is 0 Å². The van der Waals surface area contributed by atoms with Gasteiger partial charge in [-0.05, 0) is 37.3 Å². The zero-order chi connectivity index (χ0) is 14.2. The van der Waals surface area contributed by atoms with Crippen molar-refractivity contribution in [3.63, 3.8) is 0 Å². The molecule has 0 amide bonds. The van der Waals surface area contributed by atoms with Crippen LogP contribution in [0.15, 0.2) is 59.3 Å². The van der Waals surface area contributed by atoms with E-state index in [4.69, 9.17) is 9.26 Å². The van der Waals surface area contributed by atoms with E-state index >= 15 is 0 Å². The Morgan fingerprint density at radius 3 is 2.67 bits per heavy atom. The first-order chi connectivity index (χ1) is 10.3. The molecule has 0 spiro atoms. The molecule has 0 aliphatic carbocycles. The first-order valence-electron chi connectivity index (χ1n) is 6.69. The van der Waals surface area contributed by atoms with Crippen LogP contribution in [0.25, 0.3) is 21.8 Å². The summed E-state index contributed by atoms with van der Waals surface area (Å²) in [5, 5.41) is 6.00. The van der Waals surface area contributed by atoms with Crippen molar-refractivity contribution >= 4 is 21.8 Å². The van der Waals surface area contributed by atoms with Gasteiger partial charge in [0.05, 0.1) is 0 Å². The zero-order valence-electron chi connectivity index (χ0n) is 11.4. The summed E-state index contributed by atoms with van der Waals surface area (Å²) in [6.07, 6.45) is 1.75. The van der Waals surface area contributed by atoms with Crippen molar-refractivity contribution in [3.8, 4) is 11.5 Å². The number of nitrogens with zero attached hydrogens (tertiary/aromatic N) is 2. The third-order valence-corrected chi connectivity index (χ3v) is 3.45. The van der Waals surface area contributed by atoms with E-state index in [1.807, 2.05) is 55.5 Å². The molecule has 2 heterocycles. The highest BCUT2D eigenvalue weighted by atomic mass is 16.5. The number of para-hydroxylation sites is 1. The molecule has 0 saturated heterocycles. The van der Waals surface area contributed by atoms with Crippen LogP contribution >= 0.6 is 0 Å². The molecule has 4 rings (SSSR count). The van der Waals surface area contributed by atoms with Crippen LogP contribution in [0.4, 0.5) is 0 Å². The maximum absolute atomic E-state index is 5.99. The molecule has 0 aliphatic heterocycles. The molecular weight excluding hydrogens is 264 g/mol. The minimum Gasteiger partial charge on any atom is -0.455 e. The van der Waals surface area contributed by atoms with Crippen LogP contribution in [0.5, 0.6) is 11.5 Å². The molecule has 4 heteroatoms. The summed E-state index contributed by atoms with van der Waals surface area (Å²) in [6.45, 7) is 1.89. The van der Waals surface area contributed by atoms with E-state index in [0.29, 0.717) is 5.75 Å². The van der Waals surface area contributed by atoms with Crippen LogP contribution in [-0.4, -0.2) is 10.1 Å². The fourth-order valence-electron chi connectivity index (χ4n) is 2.43. The summed E-state index contributed by atoms with van der Waals surface area (Å²) in [5.41, 5.74) is 1.60. The van der Waals surface area contributed by atoms with E-state index in [2.05, 4.69) is 10.1 Å². The van der Waals surface area contributed by atoms with E-state index in [1.165, 1.54) is 0 Å². The van der Waals surface area contributed by atoms with Gasteiger partial charge in [-0.15, -0.1) is 0 Å². The maximum atomic E-state index is 5.99. The molecule has 4 aromatic rings. The SMILES string of the molecule is Cc1onc2c1cc(Oc1ccccc1)c1ncccc12. The molecule has 21 heavy (non-hydrogen) atoms.